The summed E-state index contributed by atoms with van der Waals surface area (Å²) in [5.41, 5.74) is 1.82. The fourth-order valence-corrected chi connectivity index (χ4v) is 5.16. The lowest BCUT2D eigenvalue weighted by atomic mass is 9.94. The molecule has 2 aliphatic heterocycles. The van der Waals surface area contributed by atoms with E-state index < -0.39 is 0 Å². The molecule has 176 valence electrons. The van der Waals surface area contributed by atoms with Gasteiger partial charge in [-0.2, -0.15) is 0 Å². The summed E-state index contributed by atoms with van der Waals surface area (Å²) < 4.78 is 13.1. The van der Waals surface area contributed by atoms with Gasteiger partial charge in [-0.05, 0) is 53.4 Å². The molecule has 0 saturated carbocycles. The number of nitrogens with zero attached hydrogens (tertiary/aromatic N) is 3. The summed E-state index contributed by atoms with van der Waals surface area (Å²) in [4.78, 5) is 32.0. The molecule has 0 aliphatic carbocycles. The van der Waals surface area contributed by atoms with Crippen LogP contribution in [-0.2, 0) is 11.3 Å². The molecule has 3 aromatic carbocycles. The van der Waals surface area contributed by atoms with Crippen LogP contribution in [0.3, 0.4) is 0 Å². The molecular weight excluding hydrogens is 429 g/mol. The molecule has 6 heteroatoms. The van der Waals surface area contributed by atoms with E-state index in [2.05, 4.69) is 47.4 Å². The van der Waals surface area contributed by atoms with Gasteiger partial charge in [0.25, 0.3) is 5.91 Å². The van der Waals surface area contributed by atoms with Gasteiger partial charge in [-0.1, -0.05) is 42.5 Å². The highest BCUT2D eigenvalue weighted by Crippen LogP contribution is 2.24. The maximum Gasteiger partial charge on any atom is 0.253 e. The highest BCUT2D eigenvalue weighted by molar-refractivity contribution is 5.94. The lowest BCUT2D eigenvalue weighted by Crippen LogP contribution is -2.51. The van der Waals surface area contributed by atoms with Gasteiger partial charge in [-0.25, -0.2) is 4.39 Å². The van der Waals surface area contributed by atoms with Crippen molar-refractivity contribution in [2.45, 2.75) is 19.4 Å². The topological polar surface area (TPSA) is 43.9 Å². The van der Waals surface area contributed by atoms with Crippen molar-refractivity contribution >= 4 is 22.6 Å². The molecule has 0 unspecified atom stereocenters. The number of amides is 2. The van der Waals surface area contributed by atoms with Crippen LogP contribution >= 0.6 is 0 Å². The second-order valence-corrected chi connectivity index (χ2v) is 9.31. The molecule has 2 amide bonds. The second-order valence-electron chi connectivity index (χ2n) is 9.31. The largest absolute Gasteiger partial charge is 0.340 e. The second kappa shape index (κ2) is 9.94. The maximum atomic E-state index is 13.1. The van der Waals surface area contributed by atoms with Gasteiger partial charge >= 0.3 is 0 Å². The molecule has 34 heavy (non-hydrogen) atoms. The number of carbonyl (C=O) groups is 2. The maximum absolute atomic E-state index is 13.1. The zero-order chi connectivity index (χ0) is 23.5. The van der Waals surface area contributed by atoms with Crippen molar-refractivity contribution in [3.05, 3.63) is 83.7 Å². The first-order valence-corrected chi connectivity index (χ1v) is 12.1. The van der Waals surface area contributed by atoms with Gasteiger partial charge in [0.2, 0.25) is 5.91 Å². The minimum atomic E-state index is -0.349. The molecular formula is C28H30FN3O2. The van der Waals surface area contributed by atoms with Gasteiger partial charge in [0.05, 0.1) is 0 Å². The summed E-state index contributed by atoms with van der Waals surface area (Å²) in [5, 5.41) is 2.56. The quantitative estimate of drug-likeness (QED) is 0.588. The van der Waals surface area contributed by atoms with Gasteiger partial charge in [-0.15, -0.1) is 0 Å². The van der Waals surface area contributed by atoms with E-state index in [4.69, 9.17) is 0 Å². The third kappa shape index (κ3) is 4.82. The Morgan fingerprint density at radius 1 is 0.765 bits per heavy atom. The Bertz CT molecular complexity index is 1160. The fraction of sp³-hybridized carbons (Fsp3) is 0.357. The van der Waals surface area contributed by atoms with Crippen molar-refractivity contribution in [1.82, 2.24) is 14.7 Å². The predicted molar refractivity (Wildman–Crippen MR) is 131 cm³/mol. The Balaban J connectivity index is 1.11. The molecule has 0 spiro atoms. The van der Waals surface area contributed by atoms with Crippen molar-refractivity contribution in [1.29, 1.82) is 0 Å². The minimum Gasteiger partial charge on any atom is -0.340 e. The molecule has 5 nitrogen and oxygen atoms in total. The van der Waals surface area contributed by atoms with Crippen LogP contribution < -0.4 is 0 Å². The zero-order valence-electron chi connectivity index (χ0n) is 19.3. The lowest BCUT2D eigenvalue weighted by Gasteiger charge is -2.38. The number of fused-ring (bicyclic) bond motifs is 1. The van der Waals surface area contributed by atoms with Gasteiger partial charge in [0.1, 0.15) is 5.82 Å². The Morgan fingerprint density at radius 2 is 1.44 bits per heavy atom. The number of likely N-dealkylation sites (tertiary alicyclic amines) is 1. The van der Waals surface area contributed by atoms with Crippen LogP contribution in [0.1, 0.15) is 28.8 Å². The molecule has 0 bridgehead atoms. The average Bonchev–Trinajstić information content (AvgIpc) is 2.89. The Hall–Kier alpha value is -3.25. The van der Waals surface area contributed by atoms with Gasteiger partial charge in [-0.3, -0.25) is 14.5 Å². The normalized spacial score (nSPS) is 17.8. The van der Waals surface area contributed by atoms with Crippen molar-refractivity contribution in [3.63, 3.8) is 0 Å². The van der Waals surface area contributed by atoms with Gasteiger partial charge in [0.15, 0.2) is 0 Å². The molecule has 2 saturated heterocycles. The summed E-state index contributed by atoms with van der Waals surface area (Å²) in [6.07, 6.45) is 1.37. The number of hydrogen-bond acceptors (Lipinski definition) is 3. The van der Waals surface area contributed by atoms with E-state index in [-0.39, 0.29) is 23.5 Å². The van der Waals surface area contributed by atoms with E-state index in [1.54, 1.807) is 4.90 Å². The highest BCUT2D eigenvalue weighted by Gasteiger charge is 2.32. The van der Waals surface area contributed by atoms with E-state index in [0.717, 1.165) is 32.7 Å². The first kappa shape index (κ1) is 22.5. The first-order valence-electron chi connectivity index (χ1n) is 12.1. The summed E-state index contributed by atoms with van der Waals surface area (Å²) in [5.74, 6) is -0.244. The number of halogens is 1. The van der Waals surface area contributed by atoms with E-state index in [0.29, 0.717) is 31.5 Å². The van der Waals surface area contributed by atoms with Crippen LogP contribution in [0.4, 0.5) is 4.39 Å². The van der Waals surface area contributed by atoms with Crippen molar-refractivity contribution in [3.8, 4) is 0 Å². The number of piperidine rings is 1. The molecule has 2 heterocycles. The third-order valence-corrected chi connectivity index (χ3v) is 7.18. The Kier molecular flexibility index (Phi) is 6.59. The molecule has 2 fully saturated rings. The number of benzene rings is 3. The SMILES string of the molecule is O=C(c1ccc(F)cc1)N1CCC(C(=O)N2CCN(Cc3cccc4ccccc34)CC2)CC1. The van der Waals surface area contributed by atoms with E-state index in [9.17, 15) is 14.0 Å². The average molecular weight is 460 g/mol. The fourth-order valence-electron chi connectivity index (χ4n) is 5.16. The molecule has 3 aromatic rings. The van der Waals surface area contributed by atoms with E-state index in [1.165, 1.54) is 40.6 Å². The van der Waals surface area contributed by atoms with Crippen LogP contribution in [-0.4, -0.2) is 65.8 Å². The first-order chi connectivity index (χ1) is 16.6. The van der Waals surface area contributed by atoms with Gasteiger partial charge in [0, 0.05) is 57.3 Å². The Morgan fingerprint density at radius 3 is 2.18 bits per heavy atom. The van der Waals surface area contributed by atoms with Crippen LogP contribution in [0.25, 0.3) is 10.8 Å². The highest BCUT2D eigenvalue weighted by atomic mass is 19.1. The van der Waals surface area contributed by atoms with Crippen LogP contribution in [0.2, 0.25) is 0 Å². The van der Waals surface area contributed by atoms with Gasteiger partial charge < -0.3 is 9.80 Å². The monoisotopic (exact) mass is 459 g/mol. The van der Waals surface area contributed by atoms with Crippen molar-refractivity contribution < 1.29 is 14.0 Å². The van der Waals surface area contributed by atoms with Crippen LogP contribution in [0.15, 0.2) is 66.7 Å². The molecule has 0 aromatic heterocycles. The molecule has 0 N–H and O–H groups in total. The van der Waals surface area contributed by atoms with Crippen molar-refractivity contribution in [2.24, 2.45) is 5.92 Å². The predicted octanol–water partition coefficient (Wildman–Crippen LogP) is 4.18. The van der Waals surface area contributed by atoms with Crippen molar-refractivity contribution in [2.75, 3.05) is 39.3 Å². The van der Waals surface area contributed by atoms with E-state index >= 15 is 0 Å². The Labute approximate surface area is 199 Å². The molecule has 5 rings (SSSR count). The smallest absolute Gasteiger partial charge is 0.253 e. The third-order valence-electron chi connectivity index (χ3n) is 7.18. The number of piperazine rings is 1. The van der Waals surface area contributed by atoms with Crippen LogP contribution in [0.5, 0.6) is 0 Å². The number of hydrogen-bond donors (Lipinski definition) is 0. The zero-order valence-corrected chi connectivity index (χ0v) is 19.3. The molecule has 0 atom stereocenters. The lowest BCUT2D eigenvalue weighted by molar-refractivity contribution is -0.138. The summed E-state index contributed by atoms with van der Waals surface area (Å²) in [7, 11) is 0. The molecule has 0 radical (unpaired) electrons. The summed E-state index contributed by atoms with van der Waals surface area (Å²) in [6.45, 7) is 5.26. The number of rotatable bonds is 4. The summed E-state index contributed by atoms with van der Waals surface area (Å²) in [6, 6.07) is 20.6. The number of carbonyl (C=O) groups excluding carboxylic acids is 2. The minimum absolute atomic E-state index is 0.0260. The summed E-state index contributed by atoms with van der Waals surface area (Å²) >= 11 is 0. The standard InChI is InChI=1S/C28H30FN3O2/c29-25-10-8-22(9-11-25)27(33)31-14-12-23(13-15-31)28(34)32-18-16-30(17-19-32)20-24-6-3-5-21-4-1-2-7-26(21)24/h1-11,23H,12-20H2. The van der Waals surface area contributed by atoms with E-state index in [1.807, 2.05) is 4.90 Å². The molecule has 2 aliphatic rings. The van der Waals surface area contributed by atoms with Crippen LogP contribution in [0, 0.1) is 11.7 Å².